The topological polar surface area (TPSA) is 67.4 Å². The first kappa shape index (κ1) is 17.5. The van der Waals surface area contributed by atoms with Gasteiger partial charge in [-0.05, 0) is 23.4 Å². The van der Waals surface area contributed by atoms with Crippen LogP contribution in [0.4, 0.5) is 0 Å². The van der Waals surface area contributed by atoms with Crippen molar-refractivity contribution in [3.8, 4) is 5.75 Å². The summed E-state index contributed by atoms with van der Waals surface area (Å²) >= 11 is 1.36. The molecule has 25 heavy (non-hydrogen) atoms. The van der Waals surface area contributed by atoms with E-state index in [1.165, 1.54) is 11.3 Å². The Labute approximate surface area is 151 Å². The van der Waals surface area contributed by atoms with Crippen molar-refractivity contribution < 1.29 is 14.3 Å². The van der Waals surface area contributed by atoms with Crippen molar-refractivity contribution in [2.45, 2.75) is 32.4 Å². The number of rotatable bonds is 5. The van der Waals surface area contributed by atoms with E-state index in [2.05, 4.69) is 10.6 Å². The minimum absolute atomic E-state index is 0.0148. The molecule has 0 radical (unpaired) electrons. The lowest BCUT2D eigenvalue weighted by Gasteiger charge is -2.29. The minimum atomic E-state index is -0.579. The second-order valence-corrected chi connectivity index (χ2v) is 7.36. The molecule has 0 spiro atoms. The van der Waals surface area contributed by atoms with E-state index < -0.39 is 6.04 Å². The lowest BCUT2D eigenvalue weighted by molar-refractivity contribution is -0.124. The predicted octanol–water partition coefficient (Wildman–Crippen LogP) is 3.14. The summed E-state index contributed by atoms with van der Waals surface area (Å²) in [6.07, 6.45) is 0.715. The van der Waals surface area contributed by atoms with Crippen LogP contribution in [0.1, 0.15) is 41.5 Å². The van der Waals surface area contributed by atoms with E-state index in [-0.39, 0.29) is 23.8 Å². The monoisotopic (exact) mass is 358 g/mol. The van der Waals surface area contributed by atoms with E-state index in [0.29, 0.717) is 17.9 Å². The summed E-state index contributed by atoms with van der Waals surface area (Å²) in [5.74, 6) is 0.416. The van der Waals surface area contributed by atoms with Crippen LogP contribution in [-0.2, 0) is 4.79 Å². The van der Waals surface area contributed by atoms with Crippen molar-refractivity contribution in [2.24, 2.45) is 5.92 Å². The summed E-state index contributed by atoms with van der Waals surface area (Å²) in [5, 5.41) is 7.78. The van der Waals surface area contributed by atoms with Crippen molar-refractivity contribution in [2.75, 3.05) is 6.61 Å². The summed E-state index contributed by atoms with van der Waals surface area (Å²) in [4.78, 5) is 25.7. The van der Waals surface area contributed by atoms with Gasteiger partial charge in [-0.3, -0.25) is 9.59 Å². The highest BCUT2D eigenvalue weighted by Crippen LogP contribution is 2.31. The van der Waals surface area contributed by atoms with Crippen LogP contribution in [0.15, 0.2) is 41.8 Å². The first-order chi connectivity index (χ1) is 12.1. The molecule has 6 heteroatoms. The molecule has 2 N–H and O–H groups in total. The van der Waals surface area contributed by atoms with Crippen LogP contribution < -0.4 is 15.4 Å². The highest BCUT2D eigenvalue weighted by Gasteiger charge is 2.29. The van der Waals surface area contributed by atoms with Gasteiger partial charge in [-0.2, -0.15) is 0 Å². The fourth-order valence-electron chi connectivity index (χ4n) is 2.91. The minimum Gasteiger partial charge on any atom is -0.493 e. The summed E-state index contributed by atoms with van der Waals surface area (Å²) in [5.41, 5.74) is 0.981. The largest absolute Gasteiger partial charge is 0.493 e. The zero-order valence-corrected chi connectivity index (χ0v) is 15.1. The number of thiophene rings is 1. The van der Waals surface area contributed by atoms with Crippen LogP contribution in [-0.4, -0.2) is 24.5 Å². The van der Waals surface area contributed by atoms with Crippen LogP contribution in [0.2, 0.25) is 0 Å². The Hall–Kier alpha value is -2.34. The van der Waals surface area contributed by atoms with Crippen LogP contribution in [0.5, 0.6) is 5.75 Å². The molecule has 0 saturated heterocycles. The number of ether oxygens (including phenoxy) is 1. The summed E-state index contributed by atoms with van der Waals surface area (Å²) in [7, 11) is 0. The molecule has 1 aromatic carbocycles. The Bertz CT molecular complexity index is 743. The van der Waals surface area contributed by atoms with Gasteiger partial charge in [0.2, 0.25) is 5.91 Å². The zero-order chi connectivity index (χ0) is 17.8. The molecule has 0 aliphatic carbocycles. The average molecular weight is 358 g/mol. The van der Waals surface area contributed by atoms with Crippen LogP contribution >= 0.6 is 11.3 Å². The maximum atomic E-state index is 12.8. The van der Waals surface area contributed by atoms with E-state index in [1.807, 2.05) is 49.6 Å². The van der Waals surface area contributed by atoms with E-state index >= 15 is 0 Å². The fraction of sp³-hybridized carbons (Fsp3) is 0.368. The molecule has 1 aromatic heterocycles. The van der Waals surface area contributed by atoms with Gasteiger partial charge < -0.3 is 15.4 Å². The molecule has 0 fully saturated rings. The summed E-state index contributed by atoms with van der Waals surface area (Å²) in [6.45, 7) is 4.42. The highest BCUT2D eigenvalue weighted by atomic mass is 32.1. The van der Waals surface area contributed by atoms with Gasteiger partial charge >= 0.3 is 0 Å². The van der Waals surface area contributed by atoms with Crippen molar-refractivity contribution in [1.82, 2.24) is 10.6 Å². The third kappa shape index (κ3) is 4.02. The zero-order valence-electron chi connectivity index (χ0n) is 14.3. The van der Waals surface area contributed by atoms with Gasteiger partial charge in [0, 0.05) is 12.0 Å². The molecular formula is C19H22N2O3S. The second kappa shape index (κ2) is 7.70. The molecule has 0 unspecified atom stereocenters. The Morgan fingerprint density at radius 1 is 1.20 bits per heavy atom. The normalized spacial score (nSPS) is 17.3. The summed E-state index contributed by atoms with van der Waals surface area (Å²) in [6, 6.07) is 10.6. The van der Waals surface area contributed by atoms with E-state index in [1.54, 1.807) is 6.07 Å². The molecule has 1 aliphatic heterocycles. The SMILES string of the molecule is CC(C)[C@@H](NC(=O)c1cccs1)C(=O)N[C@@H]1CCOc2ccccc21. The number of carbonyl (C=O) groups is 2. The summed E-state index contributed by atoms with van der Waals surface area (Å²) < 4.78 is 5.64. The molecule has 5 nitrogen and oxygen atoms in total. The van der Waals surface area contributed by atoms with Gasteiger partial charge in [-0.15, -0.1) is 11.3 Å². The number of amides is 2. The quantitative estimate of drug-likeness (QED) is 0.863. The van der Waals surface area contributed by atoms with Gasteiger partial charge in [0.1, 0.15) is 11.8 Å². The van der Waals surface area contributed by atoms with Gasteiger partial charge in [-0.25, -0.2) is 0 Å². The second-order valence-electron chi connectivity index (χ2n) is 6.41. The van der Waals surface area contributed by atoms with Crippen LogP contribution in [0.3, 0.4) is 0 Å². The lowest BCUT2D eigenvalue weighted by Crippen LogP contribution is -2.50. The Morgan fingerprint density at radius 2 is 2.00 bits per heavy atom. The molecular weight excluding hydrogens is 336 g/mol. The molecule has 2 heterocycles. The Balaban J connectivity index is 1.71. The predicted molar refractivity (Wildman–Crippen MR) is 97.8 cm³/mol. The fourth-order valence-corrected chi connectivity index (χ4v) is 3.54. The number of hydrogen-bond donors (Lipinski definition) is 2. The number of para-hydroxylation sites is 1. The van der Waals surface area contributed by atoms with Crippen molar-refractivity contribution in [3.63, 3.8) is 0 Å². The standard InChI is InChI=1S/C19H22N2O3S/c1-12(2)17(21-18(22)16-8-5-11-25-16)19(23)20-14-9-10-24-15-7-4-3-6-13(14)15/h3-8,11-12,14,17H,9-10H2,1-2H3,(H,20,23)(H,21,22)/t14-,17-/m1/s1. The van der Waals surface area contributed by atoms with Crippen molar-refractivity contribution in [3.05, 3.63) is 52.2 Å². The van der Waals surface area contributed by atoms with E-state index in [4.69, 9.17) is 4.74 Å². The van der Waals surface area contributed by atoms with Gasteiger partial charge in [-0.1, -0.05) is 38.1 Å². The number of carbonyl (C=O) groups excluding carboxylic acids is 2. The number of benzene rings is 1. The van der Waals surface area contributed by atoms with Gasteiger partial charge in [0.25, 0.3) is 5.91 Å². The van der Waals surface area contributed by atoms with Crippen molar-refractivity contribution in [1.29, 1.82) is 0 Å². The molecule has 132 valence electrons. The lowest BCUT2D eigenvalue weighted by atomic mass is 9.98. The molecule has 1 aliphatic rings. The number of hydrogen-bond acceptors (Lipinski definition) is 4. The van der Waals surface area contributed by atoms with Crippen LogP contribution in [0.25, 0.3) is 0 Å². The third-order valence-corrected chi connectivity index (χ3v) is 5.12. The Kier molecular flexibility index (Phi) is 5.38. The first-order valence-electron chi connectivity index (χ1n) is 8.42. The third-order valence-electron chi connectivity index (χ3n) is 4.26. The van der Waals surface area contributed by atoms with E-state index in [9.17, 15) is 9.59 Å². The number of nitrogens with one attached hydrogen (secondary N) is 2. The van der Waals surface area contributed by atoms with Crippen LogP contribution in [0, 0.1) is 5.92 Å². The Morgan fingerprint density at radius 3 is 2.72 bits per heavy atom. The molecule has 3 rings (SSSR count). The highest BCUT2D eigenvalue weighted by molar-refractivity contribution is 7.12. The maximum Gasteiger partial charge on any atom is 0.262 e. The smallest absolute Gasteiger partial charge is 0.262 e. The van der Waals surface area contributed by atoms with E-state index in [0.717, 1.165) is 11.3 Å². The molecule has 0 bridgehead atoms. The molecule has 0 saturated carbocycles. The number of fused-ring (bicyclic) bond motifs is 1. The molecule has 2 amide bonds. The van der Waals surface area contributed by atoms with Gasteiger partial charge in [0.15, 0.2) is 0 Å². The molecule has 2 atom stereocenters. The van der Waals surface area contributed by atoms with Gasteiger partial charge in [0.05, 0.1) is 17.5 Å². The first-order valence-corrected chi connectivity index (χ1v) is 9.30. The molecule has 2 aromatic rings. The van der Waals surface area contributed by atoms with Crippen molar-refractivity contribution >= 4 is 23.2 Å². The maximum absolute atomic E-state index is 12.8. The average Bonchev–Trinajstić information content (AvgIpc) is 3.14.